The summed E-state index contributed by atoms with van der Waals surface area (Å²) in [4.78, 5) is 13.9. The molecule has 1 aromatic rings. The lowest BCUT2D eigenvalue weighted by atomic mass is 9.94. The molecule has 0 saturated heterocycles. The molecule has 0 spiro atoms. The topological polar surface area (TPSA) is 53.3 Å². The highest BCUT2D eigenvalue weighted by Crippen LogP contribution is 2.26. The van der Waals surface area contributed by atoms with Crippen LogP contribution >= 0.6 is 0 Å². The van der Waals surface area contributed by atoms with Gasteiger partial charge in [0.15, 0.2) is 0 Å². The third-order valence-electron chi connectivity index (χ3n) is 3.74. The van der Waals surface area contributed by atoms with Crippen LogP contribution in [0.2, 0.25) is 0 Å². The summed E-state index contributed by atoms with van der Waals surface area (Å²) in [6, 6.07) is 7.98. The highest BCUT2D eigenvalue weighted by atomic mass is 16.5. The minimum absolute atomic E-state index is 0.0282. The average Bonchev–Trinajstić information content (AvgIpc) is 2.53. The van der Waals surface area contributed by atoms with Crippen LogP contribution in [0.1, 0.15) is 44.2 Å². The van der Waals surface area contributed by atoms with E-state index in [-0.39, 0.29) is 12.3 Å². The zero-order valence-corrected chi connectivity index (χ0v) is 13.3. The van der Waals surface area contributed by atoms with Crippen LogP contribution in [-0.2, 0) is 11.2 Å². The second-order valence-corrected chi connectivity index (χ2v) is 4.88. The van der Waals surface area contributed by atoms with E-state index in [1.165, 1.54) is 0 Å². The first kappa shape index (κ1) is 17.0. The first-order valence-electron chi connectivity index (χ1n) is 7.45. The summed E-state index contributed by atoms with van der Waals surface area (Å²) in [6.45, 7) is 7.30. The van der Waals surface area contributed by atoms with Crippen molar-refractivity contribution in [2.24, 2.45) is 0 Å². The molecule has 0 aliphatic carbocycles. The molecular formula is C17H24N2O2. The van der Waals surface area contributed by atoms with Crippen LogP contribution in [-0.4, -0.2) is 31.0 Å². The van der Waals surface area contributed by atoms with Gasteiger partial charge in [-0.1, -0.05) is 19.1 Å². The lowest BCUT2D eigenvalue weighted by molar-refractivity contribution is -0.130. The molecule has 1 unspecified atom stereocenters. The summed E-state index contributed by atoms with van der Waals surface area (Å²) in [6.07, 6.45) is 1.06. The van der Waals surface area contributed by atoms with Crippen molar-refractivity contribution in [3.05, 3.63) is 29.3 Å². The van der Waals surface area contributed by atoms with Gasteiger partial charge in [-0.05, 0) is 37.5 Å². The van der Waals surface area contributed by atoms with Crippen molar-refractivity contribution in [2.75, 3.05) is 20.2 Å². The fourth-order valence-electron chi connectivity index (χ4n) is 2.41. The Morgan fingerprint density at radius 1 is 1.33 bits per heavy atom. The Balaban J connectivity index is 2.96. The van der Waals surface area contributed by atoms with E-state index in [0.29, 0.717) is 13.1 Å². The fourth-order valence-corrected chi connectivity index (χ4v) is 2.41. The van der Waals surface area contributed by atoms with E-state index in [1.54, 1.807) is 12.0 Å². The predicted molar refractivity (Wildman–Crippen MR) is 83.3 cm³/mol. The third kappa shape index (κ3) is 4.22. The lowest BCUT2D eigenvalue weighted by Crippen LogP contribution is -2.31. The van der Waals surface area contributed by atoms with Gasteiger partial charge in [0, 0.05) is 19.5 Å². The Morgan fingerprint density at radius 2 is 2.00 bits per heavy atom. The predicted octanol–water partition coefficient (Wildman–Crippen LogP) is 3.12. The van der Waals surface area contributed by atoms with E-state index < -0.39 is 5.92 Å². The standard InChI is InChI=1S/C17H24N2O2/c1-5-13-10-14(8-9-16(13)21-4)15(12-18)11-17(20)19(6-2)7-3/h8-10,15H,5-7,11H2,1-4H3. The molecule has 0 aromatic heterocycles. The number of hydrogen-bond donors (Lipinski definition) is 0. The number of rotatable bonds is 7. The van der Waals surface area contributed by atoms with Crippen LogP contribution in [0, 0.1) is 11.3 Å². The molecule has 1 atom stereocenters. The Labute approximate surface area is 127 Å². The number of hydrogen-bond acceptors (Lipinski definition) is 3. The summed E-state index contributed by atoms with van der Waals surface area (Å²) >= 11 is 0. The lowest BCUT2D eigenvalue weighted by Gasteiger charge is -2.20. The molecule has 0 fully saturated rings. The van der Waals surface area contributed by atoms with E-state index in [9.17, 15) is 10.1 Å². The number of carbonyl (C=O) groups is 1. The molecular weight excluding hydrogens is 264 g/mol. The molecule has 21 heavy (non-hydrogen) atoms. The van der Waals surface area contributed by atoms with Crippen molar-refractivity contribution in [1.29, 1.82) is 5.26 Å². The Bertz CT molecular complexity index is 516. The van der Waals surface area contributed by atoms with Crippen LogP contribution in [0.5, 0.6) is 5.75 Å². The highest BCUT2D eigenvalue weighted by molar-refractivity contribution is 5.77. The van der Waals surface area contributed by atoms with Crippen LogP contribution < -0.4 is 4.74 Å². The van der Waals surface area contributed by atoms with Gasteiger partial charge in [-0.2, -0.15) is 5.26 Å². The normalized spacial score (nSPS) is 11.6. The van der Waals surface area contributed by atoms with Gasteiger partial charge < -0.3 is 9.64 Å². The van der Waals surface area contributed by atoms with Gasteiger partial charge in [-0.25, -0.2) is 0 Å². The maximum atomic E-state index is 12.2. The molecule has 1 aromatic carbocycles. The van der Waals surface area contributed by atoms with E-state index >= 15 is 0 Å². The van der Waals surface area contributed by atoms with Crippen LogP contribution in [0.3, 0.4) is 0 Å². The number of amides is 1. The number of methoxy groups -OCH3 is 1. The second kappa shape index (κ2) is 8.31. The SMILES string of the molecule is CCc1cc(C(C#N)CC(=O)N(CC)CC)ccc1OC. The Morgan fingerprint density at radius 3 is 2.48 bits per heavy atom. The van der Waals surface area contributed by atoms with E-state index in [0.717, 1.165) is 23.3 Å². The largest absolute Gasteiger partial charge is 0.496 e. The van der Waals surface area contributed by atoms with Gasteiger partial charge in [0.25, 0.3) is 0 Å². The molecule has 0 aliphatic rings. The van der Waals surface area contributed by atoms with Gasteiger partial charge in [0.05, 0.1) is 19.1 Å². The average molecular weight is 288 g/mol. The van der Waals surface area contributed by atoms with Crippen molar-refractivity contribution in [3.63, 3.8) is 0 Å². The number of carbonyl (C=O) groups excluding carboxylic acids is 1. The molecule has 0 radical (unpaired) electrons. The van der Waals surface area contributed by atoms with Gasteiger partial charge in [-0.3, -0.25) is 4.79 Å². The quantitative estimate of drug-likeness (QED) is 0.774. The molecule has 114 valence electrons. The van der Waals surface area contributed by atoms with Crippen LogP contribution in [0.4, 0.5) is 0 Å². The number of ether oxygens (including phenoxy) is 1. The molecule has 0 N–H and O–H groups in total. The van der Waals surface area contributed by atoms with E-state index in [2.05, 4.69) is 6.07 Å². The third-order valence-corrected chi connectivity index (χ3v) is 3.74. The molecule has 1 amide bonds. The van der Waals surface area contributed by atoms with Gasteiger partial charge in [0.2, 0.25) is 5.91 Å². The zero-order chi connectivity index (χ0) is 15.8. The summed E-state index contributed by atoms with van der Waals surface area (Å²) in [5.41, 5.74) is 1.95. The first-order valence-corrected chi connectivity index (χ1v) is 7.45. The fraction of sp³-hybridized carbons (Fsp3) is 0.529. The molecule has 0 bridgehead atoms. The van der Waals surface area contributed by atoms with E-state index in [4.69, 9.17) is 4.74 Å². The van der Waals surface area contributed by atoms with Crippen molar-refractivity contribution in [1.82, 2.24) is 4.90 Å². The van der Waals surface area contributed by atoms with Crippen molar-refractivity contribution < 1.29 is 9.53 Å². The summed E-state index contributed by atoms with van der Waals surface area (Å²) in [5, 5.41) is 9.39. The molecule has 0 heterocycles. The van der Waals surface area contributed by atoms with Crippen molar-refractivity contribution in [3.8, 4) is 11.8 Å². The monoisotopic (exact) mass is 288 g/mol. The summed E-state index contributed by atoms with van der Waals surface area (Å²) in [7, 11) is 1.64. The van der Waals surface area contributed by atoms with Crippen LogP contribution in [0.15, 0.2) is 18.2 Å². The minimum Gasteiger partial charge on any atom is -0.496 e. The second-order valence-electron chi connectivity index (χ2n) is 4.88. The maximum absolute atomic E-state index is 12.2. The van der Waals surface area contributed by atoms with Gasteiger partial charge >= 0.3 is 0 Å². The highest BCUT2D eigenvalue weighted by Gasteiger charge is 2.19. The summed E-state index contributed by atoms with van der Waals surface area (Å²) in [5.74, 6) is 0.447. The first-order chi connectivity index (χ1) is 10.1. The Hall–Kier alpha value is -2.02. The number of nitrogens with zero attached hydrogens (tertiary/aromatic N) is 2. The molecule has 4 nitrogen and oxygen atoms in total. The Kier molecular flexibility index (Phi) is 6.74. The number of nitriles is 1. The van der Waals surface area contributed by atoms with Crippen molar-refractivity contribution >= 4 is 5.91 Å². The van der Waals surface area contributed by atoms with Gasteiger partial charge in [0.1, 0.15) is 5.75 Å². The number of aryl methyl sites for hydroxylation is 1. The van der Waals surface area contributed by atoms with Crippen LogP contribution in [0.25, 0.3) is 0 Å². The van der Waals surface area contributed by atoms with Crippen molar-refractivity contribution in [2.45, 2.75) is 39.5 Å². The zero-order valence-electron chi connectivity index (χ0n) is 13.3. The molecule has 0 aliphatic heterocycles. The van der Waals surface area contributed by atoms with Gasteiger partial charge in [-0.15, -0.1) is 0 Å². The minimum atomic E-state index is -0.408. The molecule has 4 heteroatoms. The van der Waals surface area contributed by atoms with E-state index in [1.807, 2.05) is 39.0 Å². The number of benzene rings is 1. The summed E-state index contributed by atoms with van der Waals surface area (Å²) < 4.78 is 5.30. The molecule has 0 saturated carbocycles. The molecule has 1 rings (SSSR count). The smallest absolute Gasteiger partial charge is 0.224 e. The maximum Gasteiger partial charge on any atom is 0.224 e.